The zero-order valence-corrected chi connectivity index (χ0v) is 15.7. The van der Waals surface area contributed by atoms with Gasteiger partial charge in [-0.15, -0.1) is 11.3 Å². The standard InChI is InChI=1S/C19H19F3N2O3S/c20-19(21,22)12-27-15-7-5-14(6-8-15)23-17(25)13-3-1-9-24(11-13)18(26)16-4-2-10-28-16/h2,4-8,10,13H,1,3,9,11-12H2,(H,23,25). The molecule has 0 aliphatic carbocycles. The average Bonchev–Trinajstić information content (AvgIpc) is 3.21. The van der Waals surface area contributed by atoms with Gasteiger partial charge in [0.05, 0.1) is 10.8 Å². The molecule has 1 aliphatic heterocycles. The number of nitrogens with one attached hydrogen (secondary N) is 1. The second kappa shape index (κ2) is 8.64. The SMILES string of the molecule is O=C(Nc1ccc(OCC(F)(F)F)cc1)C1CCCN(C(=O)c2cccs2)C1. The third-order valence-corrected chi connectivity index (χ3v) is 5.19. The van der Waals surface area contributed by atoms with Crippen molar-refractivity contribution in [2.75, 3.05) is 25.0 Å². The number of carbonyl (C=O) groups is 2. The van der Waals surface area contributed by atoms with Gasteiger partial charge in [-0.05, 0) is 48.6 Å². The van der Waals surface area contributed by atoms with Gasteiger partial charge in [0.15, 0.2) is 6.61 Å². The number of alkyl halides is 3. The van der Waals surface area contributed by atoms with E-state index in [4.69, 9.17) is 0 Å². The third kappa shape index (κ3) is 5.48. The Morgan fingerprint density at radius 2 is 1.96 bits per heavy atom. The van der Waals surface area contributed by atoms with Crippen LogP contribution in [0.3, 0.4) is 0 Å². The second-order valence-corrected chi connectivity index (χ2v) is 7.43. The molecule has 1 atom stereocenters. The molecule has 150 valence electrons. The number of likely N-dealkylation sites (tertiary alicyclic amines) is 1. The fourth-order valence-electron chi connectivity index (χ4n) is 2.98. The number of benzene rings is 1. The molecular weight excluding hydrogens is 393 g/mol. The molecule has 0 saturated carbocycles. The van der Waals surface area contributed by atoms with E-state index in [-0.39, 0.29) is 23.5 Å². The largest absolute Gasteiger partial charge is 0.484 e. The number of halogens is 3. The predicted molar refractivity (Wildman–Crippen MR) is 99.6 cm³/mol. The first-order chi connectivity index (χ1) is 13.3. The molecule has 0 radical (unpaired) electrons. The molecule has 5 nitrogen and oxygen atoms in total. The van der Waals surface area contributed by atoms with E-state index in [1.165, 1.54) is 35.6 Å². The summed E-state index contributed by atoms with van der Waals surface area (Å²) in [7, 11) is 0. The summed E-state index contributed by atoms with van der Waals surface area (Å²) in [5, 5.41) is 4.59. The van der Waals surface area contributed by atoms with Crippen molar-refractivity contribution in [3.05, 3.63) is 46.7 Å². The lowest BCUT2D eigenvalue weighted by molar-refractivity contribution is -0.153. The zero-order chi connectivity index (χ0) is 20.1. The molecule has 0 bridgehead atoms. The van der Waals surface area contributed by atoms with Gasteiger partial charge in [-0.3, -0.25) is 9.59 Å². The van der Waals surface area contributed by atoms with Crippen LogP contribution in [-0.4, -0.2) is 42.6 Å². The monoisotopic (exact) mass is 412 g/mol. The number of hydrogen-bond acceptors (Lipinski definition) is 4. The predicted octanol–water partition coefficient (Wildman–Crippen LogP) is 4.18. The van der Waals surface area contributed by atoms with E-state index in [0.717, 1.165) is 6.42 Å². The smallest absolute Gasteiger partial charge is 0.422 e. The third-order valence-electron chi connectivity index (χ3n) is 4.34. The Labute approximate surface area is 164 Å². The number of hydrogen-bond donors (Lipinski definition) is 1. The molecule has 9 heteroatoms. The molecule has 2 aromatic rings. The fraction of sp³-hybridized carbons (Fsp3) is 0.368. The molecule has 1 N–H and O–H groups in total. The average molecular weight is 412 g/mol. The number of thiophene rings is 1. The van der Waals surface area contributed by atoms with E-state index >= 15 is 0 Å². The van der Waals surface area contributed by atoms with Crippen LogP contribution in [0.15, 0.2) is 41.8 Å². The van der Waals surface area contributed by atoms with Gasteiger partial charge in [0, 0.05) is 18.8 Å². The van der Waals surface area contributed by atoms with Crippen LogP contribution in [0.2, 0.25) is 0 Å². The summed E-state index contributed by atoms with van der Waals surface area (Å²) < 4.78 is 41.1. The first-order valence-corrected chi connectivity index (χ1v) is 9.63. The molecule has 1 aromatic heterocycles. The normalized spacial score (nSPS) is 17.2. The Hall–Kier alpha value is -2.55. The summed E-state index contributed by atoms with van der Waals surface area (Å²) in [5.41, 5.74) is 0.464. The second-order valence-electron chi connectivity index (χ2n) is 6.49. The number of anilines is 1. The van der Waals surface area contributed by atoms with E-state index in [2.05, 4.69) is 10.1 Å². The van der Waals surface area contributed by atoms with Crippen molar-refractivity contribution in [1.29, 1.82) is 0 Å². The van der Waals surface area contributed by atoms with Gasteiger partial charge in [-0.1, -0.05) is 6.07 Å². The highest BCUT2D eigenvalue weighted by atomic mass is 32.1. The molecule has 1 saturated heterocycles. The van der Waals surface area contributed by atoms with Crippen LogP contribution in [0, 0.1) is 5.92 Å². The summed E-state index contributed by atoms with van der Waals surface area (Å²) in [6.07, 6.45) is -2.99. The lowest BCUT2D eigenvalue weighted by Gasteiger charge is -2.31. The molecule has 1 unspecified atom stereocenters. The zero-order valence-electron chi connectivity index (χ0n) is 14.9. The van der Waals surface area contributed by atoms with Gasteiger partial charge >= 0.3 is 6.18 Å². The number of carbonyl (C=O) groups excluding carboxylic acids is 2. The molecule has 1 aliphatic rings. The summed E-state index contributed by atoms with van der Waals surface area (Å²) in [4.78, 5) is 27.3. The first-order valence-electron chi connectivity index (χ1n) is 8.75. The summed E-state index contributed by atoms with van der Waals surface area (Å²) in [5.74, 6) is -0.550. The van der Waals surface area contributed by atoms with Crippen LogP contribution in [0.25, 0.3) is 0 Å². The first kappa shape index (κ1) is 20.2. The Bertz CT molecular complexity index is 807. The maximum Gasteiger partial charge on any atom is 0.422 e. The fourth-order valence-corrected chi connectivity index (χ4v) is 3.67. The Morgan fingerprint density at radius 1 is 1.21 bits per heavy atom. The van der Waals surface area contributed by atoms with E-state index in [1.807, 2.05) is 11.4 Å². The number of nitrogens with zero attached hydrogens (tertiary/aromatic N) is 1. The molecule has 2 heterocycles. The van der Waals surface area contributed by atoms with Crippen molar-refractivity contribution in [2.24, 2.45) is 5.92 Å². The van der Waals surface area contributed by atoms with Gasteiger partial charge in [0.2, 0.25) is 5.91 Å². The molecule has 28 heavy (non-hydrogen) atoms. The van der Waals surface area contributed by atoms with Crippen molar-refractivity contribution < 1.29 is 27.5 Å². The van der Waals surface area contributed by atoms with Crippen LogP contribution in [-0.2, 0) is 4.79 Å². The number of piperidine rings is 1. The lowest BCUT2D eigenvalue weighted by atomic mass is 9.97. The van der Waals surface area contributed by atoms with Crippen molar-refractivity contribution in [1.82, 2.24) is 4.90 Å². The van der Waals surface area contributed by atoms with Gasteiger partial charge in [-0.2, -0.15) is 13.2 Å². The number of amides is 2. The van der Waals surface area contributed by atoms with Crippen molar-refractivity contribution in [3.63, 3.8) is 0 Å². The van der Waals surface area contributed by atoms with Crippen LogP contribution in [0.4, 0.5) is 18.9 Å². The maximum atomic E-state index is 12.5. The molecular formula is C19H19F3N2O3S. The van der Waals surface area contributed by atoms with E-state index in [1.54, 1.807) is 11.0 Å². The number of rotatable bonds is 5. The summed E-state index contributed by atoms with van der Waals surface area (Å²) in [6.45, 7) is -0.407. The molecule has 3 rings (SSSR count). The van der Waals surface area contributed by atoms with Crippen molar-refractivity contribution >= 4 is 28.8 Å². The van der Waals surface area contributed by atoms with Crippen LogP contribution in [0.5, 0.6) is 5.75 Å². The minimum absolute atomic E-state index is 0.0701. The van der Waals surface area contributed by atoms with Crippen LogP contribution in [0.1, 0.15) is 22.5 Å². The van der Waals surface area contributed by atoms with E-state index in [9.17, 15) is 22.8 Å². The topological polar surface area (TPSA) is 58.6 Å². The van der Waals surface area contributed by atoms with Crippen molar-refractivity contribution in [3.8, 4) is 5.75 Å². The lowest BCUT2D eigenvalue weighted by Crippen LogP contribution is -2.43. The minimum atomic E-state index is -4.40. The van der Waals surface area contributed by atoms with Gasteiger partial charge in [0.1, 0.15) is 5.75 Å². The van der Waals surface area contributed by atoms with Crippen LogP contribution < -0.4 is 10.1 Å². The molecule has 0 spiro atoms. The number of ether oxygens (including phenoxy) is 1. The highest BCUT2D eigenvalue weighted by Crippen LogP contribution is 2.23. The van der Waals surface area contributed by atoms with Crippen LogP contribution >= 0.6 is 11.3 Å². The van der Waals surface area contributed by atoms with Gasteiger partial charge < -0.3 is 15.0 Å². The maximum absolute atomic E-state index is 12.5. The van der Waals surface area contributed by atoms with Crippen molar-refractivity contribution in [2.45, 2.75) is 19.0 Å². The Kier molecular flexibility index (Phi) is 6.23. The Morgan fingerprint density at radius 3 is 2.61 bits per heavy atom. The summed E-state index contributed by atoms with van der Waals surface area (Å²) in [6, 6.07) is 9.29. The van der Waals surface area contributed by atoms with Gasteiger partial charge in [0.25, 0.3) is 5.91 Å². The summed E-state index contributed by atoms with van der Waals surface area (Å²) >= 11 is 1.37. The molecule has 2 amide bonds. The quantitative estimate of drug-likeness (QED) is 0.802. The Balaban J connectivity index is 1.54. The van der Waals surface area contributed by atoms with E-state index in [0.29, 0.717) is 30.1 Å². The highest BCUT2D eigenvalue weighted by Gasteiger charge is 2.30. The minimum Gasteiger partial charge on any atom is -0.484 e. The van der Waals surface area contributed by atoms with Gasteiger partial charge in [-0.25, -0.2) is 0 Å². The molecule has 1 aromatic carbocycles. The highest BCUT2D eigenvalue weighted by molar-refractivity contribution is 7.12. The molecule has 1 fully saturated rings. The van der Waals surface area contributed by atoms with E-state index < -0.39 is 12.8 Å².